The van der Waals surface area contributed by atoms with E-state index in [-0.39, 0.29) is 29.1 Å². The van der Waals surface area contributed by atoms with Crippen molar-refractivity contribution in [2.45, 2.75) is 58.2 Å². The summed E-state index contributed by atoms with van der Waals surface area (Å²) in [5.41, 5.74) is 3.05. The van der Waals surface area contributed by atoms with Crippen molar-refractivity contribution in [1.82, 2.24) is 24.2 Å². The number of benzene rings is 1. The Balaban J connectivity index is 1.13. The van der Waals surface area contributed by atoms with Crippen molar-refractivity contribution < 1.29 is 18.7 Å². The molecular formula is C38H40FN7O5S. The van der Waals surface area contributed by atoms with E-state index < -0.39 is 11.8 Å². The summed E-state index contributed by atoms with van der Waals surface area (Å²) in [5.74, 6) is -0.685. The maximum absolute atomic E-state index is 15.6. The average molecular weight is 726 g/mol. The number of pyridine rings is 2. The van der Waals surface area contributed by atoms with E-state index in [1.807, 2.05) is 12.1 Å². The van der Waals surface area contributed by atoms with Crippen LogP contribution in [0.4, 0.5) is 21.6 Å². The van der Waals surface area contributed by atoms with Crippen LogP contribution in [-0.4, -0.2) is 75.1 Å². The van der Waals surface area contributed by atoms with Gasteiger partial charge < -0.3 is 24.3 Å². The molecule has 0 amide bonds. The molecule has 3 aliphatic rings. The SMILES string of the molecule is CC(=O)OCc1c(-c2cc(Nc3ccc(N4CCN(C5COC5)C[C@H]4C)cn3)c(=O)n(C)c2)cc(F)cc1-n1ncc2c3c(sc2c1=O)CCCC3. The molecule has 0 unspecified atom stereocenters. The number of anilines is 3. The summed E-state index contributed by atoms with van der Waals surface area (Å²) in [4.78, 5) is 50.0. The van der Waals surface area contributed by atoms with Crippen LogP contribution in [0.2, 0.25) is 0 Å². The number of carbonyl (C=O) groups excluding carboxylic acids is 1. The van der Waals surface area contributed by atoms with Gasteiger partial charge in [0.2, 0.25) is 0 Å². The summed E-state index contributed by atoms with van der Waals surface area (Å²) in [6, 6.07) is 8.79. The fourth-order valence-electron chi connectivity index (χ4n) is 7.57. The second-order valence-electron chi connectivity index (χ2n) is 13.9. The number of thiophene rings is 1. The second-order valence-corrected chi connectivity index (χ2v) is 15.0. The predicted octanol–water partition coefficient (Wildman–Crippen LogP) is 4.94. The lowest BCUT2D eigenvalue weighted by molar-refractivity contribution is -0.142. The van der Waals surface area contributed by atoms with Crippen LogP contribution in [0.15, 0.2) is 58.5 Å². The van der Waals surface area contributed by atoms with E-state index in [9.17, 15) is 14.4 Å². The highest BCUT2D eigenvalue weighted by Crippen LogP contribution is 2.36. The molecule has 5 aromatic rings. The summed E-state index contributed by atoms with van der Waals surface area (Å²) in [5, 5.41) is 8.50. The summed E-state index contributed by atoms with van der Waals surface area (Å²) in [6.07, 6.45) is 9.03. The van der Waals surface area contributed by atoms with Crippen molar-refractivity contribution in [3.63, 3.8) is 0 Å². The Morgan fingerprint density at radius 2 is 1.92 bits per heavy atom. The van der Waals surface area contributed by atoms with Gasteiger partial charge in [-0.15, -0.1) is 11.3 Å². The molecule has 6 heterocycles. The van der Waals surface area contributed by atoms with Gasteiger partial charge in [0.1, 0.15) is 28.6 Å². The van der Waals surface area contributed by atoms with Gasteiger partial charge in [-0.05, 0) is 68.0 Å². The Labute approximate surface area is 303 Å². The van der Waals surface area contributed by atoms with Crippen molar-refractivity contribution in [2.24, 2.45) is 7.05 Å². The molecule has 4 aromatic heterocycles. The number of piperazine rings is 1. The lowest BCUT2D eigenvalue weighted by Crippen LogP contribution is -2.59. The molecule has 0 saturated carbocycles. The fraction of sp³-hybridized carbons (Fsp3) is 0.395. The largest absolute Gasteiger partial charge is 0.461 e. The van der Waals surface area contributed by atoms with Crippen LogP contribution in [0.3, 0.4) is 0 Å². The molecular weight excluding hydrogens is 686 g/mol. The zero-order valence-electron chi connectivity index (χ0n) is 29.4. The highest BCUT2D eigenvalue weighted by Gasteiger charge is 2.32. The van der Waals surface area contributed by atoms with Crippen LogP contribution in [0, 0.1) is 5.82 Å². The first-order chi connectivity index (χ1) is 25.1. The first-order valence-corrected chi connectivity index (χ1v) is 18.5. The molecule has 1 N–H and O–H groups in total. The molecule has 2 fully saturated rings. The highest BCUT2D eigenvalue weighted by molar-refractivity contribution is 7.19. The van der Waals surface area contributed by atoms with Crippen molar-refractivity contribution in [1.29, 1.82) is 0 Å². The van der Waals surface area contributed by atoms with Crippen LogP contribution in [-0.2, 0) is 40.8 Å². The number of hydrogen-bond acceptors (Lipinski definition) is 11. The second kappa shape index (κ2) is 13.9. The third-order valence-electron chi connectivity index (χ3n) is 10.4. The molecule has 1 aromatic carbocycles. The van der Waals surface area contributed by atoms with Gasteiger partial charge in [0.15, 0.2) is 0 Å². The summed E-state index contributed by atoms with van der Waals surface area (Å²) in [6.45, 7) is 7.63. The molecule has 2 aliphatic heterocycles. The van der Waals surface area contributed by atoms with Gasteiger partial charge in [0.25, 0.3) is 11.1 Å². The molecule has 0 bridgehead atoms. The van der Waals surface area contributed by atoms with Gasteiger partial charge in [-0.3, -0.25) is 19.3 Å². The van der Waals surface area contributed by atoms with E-state index >= 15 is 4.39 Å². The Hall–Kier alpha value is -4.92. The molecule has 12 nitrogen and oxygen atoms in total. The number of rotatable bonds is 8. The molecule has 2 saturated heterocycles. The number of halogens is 1. The zero-order valence-corrected chi connectivity index (χ0v) is 30.2. The summed E-state index contributed by atoms with van der Waals surface area (Å²) < 4.78 is 29.6. The molecule has 14 heteroatoms. The minimum absolute atomic E-state index is 0.159. The van der Waals surface area contributed by atoms with Gasteiger partial charge in [-0.1, -0.05) is 0 Å². The Kier molecular flexibility index (Phi) is 9.14. The topological polar surface area (TPSA) is 124 Å². The minimum Gasteiger partial charge on any atom is -0.461 e. The standard InChI is InChI=1S/C38H40FN7O5S/c1-22-17-44(27-19-50-20-27)10-11-45(22)26-8-9-35(40-15-26)42-32-12-24(18-43(3)37(32)48)29-13-25(39)14-33(31(29)21-51-23(2)47)46-38(49)36-30(16-41-46)28-6-4-5-7-34(28)52-36/h8-9,12-16,18,22,27H,4-7,10-11,17,19-21H2,1-3H3,(H,40,42)/t22-/m1/s1. The quantitative estimate of drug-likeness (QED) is 0.220. The van der Waals surface area contributed by atoms with Gasteiger partial charge in [0, 0.05) is 73.3 Å². The fourth-order valence-corrected chi connectivity index (χ4v) is 8.86. The Bertz CT molecular complexity index is 2300. The number of carbonyl (C=O) groups is 1. The number of nitrogens with one attached hydrogen (secondary N) is 1. The Morgan fingerprint density at radius 3 is 2.65 bits per heavy atom. The van der Waals surface area contributed by atoms with E-state index in [0.717, 1.165) is 69.6 Å². The average Bonchev–Trinajstić information content (AvgIpc) is 3.49. The number of fused-ring (bicyclic) bond motifs is 3. The zero-order chi connectivity index (χ0) is 36.1. The van der Waals surface area contributed by atoms with Gasteiger partial charge in [-0.25, -0.2) is 9.37 Å². The third-order valence-corrected chi connectivity index (χ3v) is 11.7. The van der Waals surface area contributed by atoms with Crippen molar-refractivity contribution in [2.75, 3.05) is 43.1 Å². The predicted molar refractivity (Wildman–Crippen MR) is 198 cm³/mol. The van der Waals surface area contributed by atoms with E-state index in [4.69, 9.17) is 9.47 Å². The monoisotopic (exact) mass is 725 g/mol. The molecule has 1 aliphatic carbocycles. The number of ether oxygens (including phenoxy) is 2. The van der Waals surface area contributed by atoms with Crippen LogP contribution in [0.1, 0.15) is 42.7 Å². The maximum atomic E-state index is 15.6. The summed E-state index contributed by atoms with van der Waals surface area (Å²) in [7, 11) is 1.61. The number of nitrogens with zero attached hydrogens (tertiary/aromatic N) is 6. The van der Waals surface area contributed by atoms with Crippen molar-refractivity contribution in [3.8, 4) is 16.8 Å². The molecule has 0 spiro atoms. The first kappa shape index (κ1) is 34.2. The molecule has 270 valence electrons. The number of aromatic nitrogens is 4. The van der Waals surface area contributed by atoms with Crippen LogP contribution >= 0.6 is 11.3 Å². The maximum Gasteiger partial charge on any atom is 0.302 e. The van der Waals surface area contributed by atoms with Crippen LogP contribution in [0.5, 0.6) is 0 Å². The molecule has 52 heavy (non-hydrogen) atoms. The summed E-state index contributed by atoms with van der Waals surface area (Å²) >= 11 is 1.47. The first-order valence-electron chi connectivity index (χ1n) is 17.7. The number of hydrogen-bond donors (Lipinski definition) is 1. The van der Waals surface area contributed by atoms with E-state index in [1.54, 1.807) is 31.7 Å². The van der Waals surface area contributed by atoms with E-state index in [2.05, 4.69) is 32.1 Å². The lowest BCUT2D eigenvalue weighted by Gasteiger charge is -2.46. The van der Waals surface area contributed by atoms with Crippen LogP contribution < -0.4 is 21.3 Å². The molecule has 1 atom stereocenters. The van der Waals surface area contributed by atoms with Gasteiger partial charge in [0.05, 0.1) is 43.0 Å². The Morgan fingerprint density at radius 1 is 1.10 bits per heavy atom. The van der Waals surface area contributed by atoms with E-state index in [1.165, 1.54) is 50.1 Å². The number of aryl methyl sites for hydroxylation is 3. The molecule has 0 radical (unpaired) electrons. The van der Waals surface area contributed by atoms with E-state index in [0.29, 0.717) is 39.3 Å². The normalized spacial score (nSPS) is 17.9. The van der Waals surface area contributed by atoms with Crippen molar-refractivity contribution in [3.05, 3.63) is 91.5 Å². The minimum atomic E-state index is -0.618. The highest BCUT2D eigenvalue weighted by atomic mass is 32.1. The number of esters is 1. The lowest BCUT2D eigenvalue weighted by atomic mass is 9.97. The van der Waals surface area contributed by atoms with Crippen molar-refractivity contribution >= 4 is 44.6 Å². The molecule has 8 rings (SSSR count). The van der Waals surface area contributed by atoms with Crippen LogP contribution in [0.25, 0.3) is 26.9 Å². The third kappa shape index (κ3) is 6.39. The smallest absolute Gasteiger partial charge is 0.302 e. The van der Waals surface area contributed by atoms with Gasteiger partial charge in [-0.2, -0.15) is 9.78 Å². The van der Waals surface area contributed by atoms with Gasteiger partial charge >= 0.3 is 5.97 Å².